The fraction of sp³-hybridized carbons (Fsp3) is 0.556. The van der Waals surface area contributed by atoms with Crippen LogP contribution in [0.4, 0.5) is 0 Å². The molecule has 1 saturated heterocycles. The molecule has 0 radical (unpaired) electrons. The third-order valence-corrected chi connectivity index (χ3v) is 4.11. The van der Waals surface area contributed by atoms with E-state index in [2.05, 4.69) is 0 Å². The highest BCUT2D eigenvalue weighted by Crippen LogP contribution is 2.26. The molecule has 1 aromatic carbocycles. The van der Waals surface area contributed by atoms with E-state index in [9.17, 15) is 9.59 Å². The van der Waals surface area contributed by atoms with Crippen molar-refractivity contribution in [2.45, 2.75) is 24.9 Å². The average molecular weight is 351 g/mol. The predicted octanol–water partition coefficient (Wildman–Crippen LogP) is 1.47. The molecule has 1 fully saturated rings. The van der Waals surface area contributed by atoms with Crippen molar-refractivity contribution in [1.82, 2.24) is 4.90 Å². The van der Waals surface area contributed by atoms with Gasteiger partial charge in [0.25, 0.3) is 5.91 Å². The molecule has 1 aliphatic heterocycles. The lowest BCUT2D eigenvalue weighted by molar-refractivity contribution is -0.134. The molecule has 0 N–H and O–H groups in total. The Morgan fingerprint density at radius 1 is 0.960 bits per heavy atom. The smallest absolute Gasteiger partial charge is 0.295 e. The van der Waals surface area contributed by atoms with Crippen molar-refractivity contribution < 1.29 is 28.5 Å². The van der Waals surface area contributed by atoms with Gasteiger partial charge in [-0.2, -0.15) is 0 Å². The van der Waals surface area contributed by atoms with Gasteiger partial charge in [-0.1, -0.05) is 30.3 Å². The Balaban J connectivity index is 2.09. The van der Waals surface area contributed by atoms with Crippen LogP contribution < -0.4 is 0 Å². The largest absolute Gasteiger partial charge is 0.359 e. The fourth-order valence-electron chi connectivity index (χ4n) is 2.99. The zero-order valence-corrected chi connectivity index (χ0v) is 14.7. The number of amides is 1. The molecule has 7 heteroatoms. The molecule has 138 valence electrons. The SMILES string of the molecule is COCOC[C@H]1CC[C@H](COCOC)N1C(=O)C(=O)c1ccccc1. The van der Waals surface area contributed by atoms with Crippen LogP contribution in [0, 0.1) is 0 Å². The van der Waals surface area contributed by atoms with Gasteiger partial charge in [-0.05, 0) is 12.8 Å². The number of methoxy groups -OCH3 is 2. The Labute approximate surface area is 147 Å². The zero-order chi connectivity index (χ0) is 18.1. The summed E-state index contributed by atoms with van der Waals surface area (Å²) in [5.74, 6) is -1.04. The molecule has 1 amide bonds. The number of Topliss-reactive ketones (excluding diaryl/α,β-unsaturated/α-hetero) is 1. The molecule has 25 heavy (non-hydrogen) atoms. The van der Waals surface area contributed by atoms with Crippen molar-refractivity contribution in [1.29, 1.82) is 0 Å². The first-order chi connectivity index (χ1) is 12.2. The molecule has 2 atom stereocenters. The lowest BCUT2D eigenvalue weighted by Gasteiger charge is -2.29. The molecule has 0 saturated carbocycles. The maximum Gasteiger partial charge on any atom is 0.295 e. The molecule has 2 rings (SSSR count). The number of hydrogen-bond donors (Lipinski definition) is 0. The summed E-state index contributed by atoms with van der Waals surface area (Å²) >= 11 is 0. The van der Waals surface area contributed by atoms with Gasteiger partial charge >= 0.3 is 0 Å². The third kappa shape index (κ3) is 5.34. The lowest BCUT2D eigenvalue weighted by Crippen LogP contribution is -2.48. The molecule has 1 aromatic rings. The second kappa shape index (κ2) is 10.2. The van der Waals surface area contributed by atoms with E-state index in [1.807, 2.05) is 0 Å². The Kier molecular flexibility index (Phi) is 8.00. The topological polar surface area (TPSA) is 74.3 Å². The first-order valence-electron chi connectivity index (χ1n) is 8.24. The van der Waals surface area contributed by atoms with Crippen molar-refractivity contribution in [3.05, 3.63) is 35.9 Å². The molecule has 1 aliphatic rings. The van der Waals surface area contributed by atoms with Gasteiger partial charge in [-0.15, -0.1) is 0 Å². The van der Waals surface area contributed by atoms with E-state index in [1.54, 1.807) is 35.2 Å². The van der Waals surface area contributed by atoms with Crippen LogP contribution in [0.3, 0.4) is 0 Å². The van der Waals surface area contributed by atoms with Gasteiger partial charge in [-0.3, -0.25) is 9.59 Å². The van der Waals surface area contributed by atoms with E-state index in [-0.39, 0.29) is 25.7 Å². The molecule has 1 heterocycles. The molecule has 0 spiro atoms. The summed E-state index contributed by atoms with van der Waals surface area (Å²) in [7, 11) is 3.08. The van der Waals surface area contributed by atoms with Crippen LogP contribution in [0.25, 0.3) is 0 Å². The lowest BCUT2D eigenvalue weighted by atomic mass is 10.1. The van der Waals surface area contributed by atoms with Crippen LogP contribution in [0.5, 0.6) is 0 Å². The summed E-state index contributed by atoms with van der Waals surface area (Å²) in [5.41, 5.74) is 0.382. The molecule has 0 aliphatic carbocycles. The number of carbonyl (C=O) groups is 2. The molecular weight excluding hydrogens is 326 g/mol. The molecule has 7 nitrogen and oxygen atoms in total. The Morgan fingerprint density at radius 3 is 1.96 bits per heavy atom. The summed E-state index contributed by atoms with van der Waals surface area (Å²) in [5, 5.41) is 0. The van der Waals surface area contributed by atoms with E-state index in [4.69, 9.17) is 18.9 Å². The summed E-state index contributed by atoms with van der Waals surface area (Å²) in [6, 6.07) is 8.22. The third-order valence-electron chi connectivity index (χ3n) is 4.11. The predicted molar refractivity (Wildman–Crippen MR) is 90.1 cm³/mol. The number of carbonyl (C=O) groups excluding carboxylic acids is 2. The van der Waals surface area contributed by atoms with E-state index in [0.717, 1.165) is 12.8 Å². The molecule has 0 bridgehead atoms. The highest BCUT2D eigenvalue weighted by Gasteiger charge is 2.39. The van der Waals surface area contributed by atoms with E-state index < -0.39 is 11.7 Å². The van der Waals surface area contributed by atoms with Crippen LogP contribution >= 0.6 is 0 Å². The highest BCUT2D eigenvalue weighted by molar-refractivity contribution is 6.42. The van der Waals surface area contributed by atoms with Crippen LogP contribution in [0.2, 0.25) is 0 Å². The fourth-order valence-corrected chi connectivity index (χ4v) is 2.99. The van der Waals surface area contributed by atoms with Gasteiger partial charge in [0.2, 0.25) is 5.78 Å². The first-order valence-corrected chi connectivity index (χ1v) is 8.24. The van der Waals surface area contributed by atoms with Gasteiger partial charge in [0.1, 0.15) is 13.6 Å². The van der Waals surface area contributed by atoms with Gasteiger partial charge in [-0.25, -0.2) is 0 Å². The maximum absolute atomic E-state index is 12.8. The number of rotatable bonds is 10. The number of hydrogen-bond acceptors (Lipinski definition) is 6. The van der Waals surface area contributed by atoms with Crippen LogP contribution in [0.15, 0.2) is 30.3 Å². The standard InChI is InChI=1S/C18H25NO6/c1-22-12-24-10-15-8-9-16(11-25-13-23-2)19(15)18(21)17(20)14-6-4-3-5-7-14/h3-7,15-16H,8-13H2,1-2H3/t15-,16-/m1/s1. The van der Waals surface area contributed by atoms with E-state index >= 15 is 0 Å². The van der Waals surface area contributed by atoms with Gasteiger partial charge in [0, 0.05) is 19.8 Å². The monoisotopic (exact) mass is 351 g/mol. The van der Waals surface area contributed by atoms with Gasteiger partial charge < -0.3 is 23.8 Å². The Morgan fingerprint density at radius 2 is 1.48 bits per heavy atom. The summed E-state index contributed by atoms with van der Waals surface area (Å²) in [4.78, 5) is 27.0. The van der Waals surface area contributed by atoms with E-state index in [0.29, 0.717) is 18.8 Å². The van der Waals surface area contributed by atoms with Crippen molar-refractivity contribution in [3.63, 3.8) is 0 Å². The minimum atomic E-state index is -0.527. The number of nitrogens with zero attached hydrogens (tertiary/aromatic N) is 1. The molecule has 0 unspecified atom stereocenters. The molecular formula is C18H25NO6. The quantitative estimate of drug-likeness (QED) is 0.275. The Hall–Kier alpha value is -1.80. The number of benzene rings is 1. The van der Waals surface area contributed by atoms with E-state index in [1.165, 1.54) is 14.2 Å². The zero-order valence-electron chi connectivity index (χ0n) is 14.7. The average Bonchev–Trinajstić information content (AvgIpc) is 3.04. The van der Waals surface area contributed by atoms with Crippen molar-refractivity contribution in [2.75, 3.05) is 41.0 Å². The van der Waals surface area contributed by atoms with Crippen LogP contribution in [-0.4, -0.2) is 69.7 Å². The number of ketones is 1. The van der Waals surface area contributed by atoms with Crippen LogP contribution in [-0.2, 0) is 23.7 Å². The van der Waals surface area contributed by atoms with Crippen molar-refractivity contribution in [2.24, 2.45) is 0 Å². The maximum atomic E-state index is 12.8. The Bertz CT molecular complexity index is 532. The summed E-state index contributed by atoms with van der Waals surface area (Å²) in [6.45, 7) is 0.941. The minimum absolute atomic E-state index is 0.149. The highest BCUT2D eigenvalue weighted by atomic mass is 16.7. The van der Waals surface area contributed by atoms with Gasteiger partial charge in [0.05, 0.1) is 25.3 Å². The first kappa shape index (κ1) is 19.5. The number of ether oxygens (including phenoxy) is 4. The second-order valence-corrected chi connectivity index (χ2v) is 5.85. The number of likely N-dealkylation sites (tertiary alicyclic amines) is 1. The normalized spacial score (nSPS) is 20.0. The summed E-state index contributed by atoms with van der Waals surface area (Å²) in [6.07, 6.45) is 1.50. The second-order valence-electron chi connectivity index (χ2n) is 5.85. The molecule has 0 aromatic heterocycles. The van der Waals surface area contributed by atoms with Crippen molar-refractivity contribution in [3.8, 4) is 0 Å². The summed E-state index contributed by atoms with van der Waals surface area (Å²) < 4.78 is 20.6. The van der Waals surface area contributed by atoms with Gasteiger partial charge in [0.15, 0.2) is 0 Å². The van der Waals surface area contributed by atoms with Crippen molar-refractivity contribution >= 4 is 11.7 Å². The minimum Gasteiger partial charge on any atom is -0.359 e. The van der Waals surface area contributed by atoms with Crippen LogP contribution in [0.1, 0.15) is 23.2 Å².